The van der Waals surface area contributed by atoms with Crippen LogP contribution in [-0.2, 0) is 9.53 Å². The lowest BCUT2D eigenvalue weighted by Crippen LogP contribution is -2.41. The number of ether oxygens (including phenoxy) is 1. The van der Waals surface area contributed by atoms with Gasteiger partial charge in [-0.1, -0.05) is 6.92 Å². The Morgan fingerprint density at radius 3 is 2.65 bits per heavy atom. The van der Waals surface area contributed by atoms with Crippen LogP contribution in [0, 0.1) is 0 Å². The number of nitrogens with one attached hydrogen (secondary N) is 3. The summed E-state index contributed by atoms with van der Waals surface area (Å²) in [6.07, 6.45) is 3.55. The molecule has 136 valence electrons. The minimum absolute atomic E-state index is 0. The number of guanidine groups is 1. The van der Waals surface area contributed by atoms with Crippen LogP contribution in [0.1, 0.15) is 53.4 Å². The topological polar surface area (TPSA) is 74.8 Å². The summed E-state index contributed by atoms with van der Waals surface area (Å²) in [5, 5.41) is 9.37. The van der Waals surface area contributed by atoms with Crippen LogP contribution in [0.25, 0.3) is 0 Å². The average molecular weight is 440 g/mol. The van der Waals surface area contributed by atoms with Crippen LogP contribution in [-0.4, -0.2) is 49.8 Å². The van der Waals surface area contributed by atoms with Crippen molar-refractivity contribution in [3.63, 3.8) is 0 Å². The van der Waals surface area contributed by atoms with E-state index in [9.17, 15) is 4.79 Å². The highest BCUT2D eigenvalue weighted by atomic mass is 127. The normalized spacial score (nSPS) is 22.2. The zero-order valence-electron chi connectivity index (χ0n) is 14.9. The van der Waals surface area contributed by atoms with Crippen molar-refractivity contribution in [2.24, 2.45) is 4.99 Å². The van der Waals surface area contributed by atoms with Gasteiger partial charge in [0.05, 0.1) is 12.1 Å². The molecule has 0 aromatic rings. The van der Waals surface area contributed by atoms with E-state index in [0.717, 1.165) is 38.4 Å². The summed E-state index contributed by atoms with van der Waals surface area (Å²) in [5.41, 5.74) is -0.143. The van der Waals surface area contributed by atoms with Crippen LogP contribution in [0.5, 0.6) is 0 Å². The quantitative estimate of drug-likeness (QED) is 0.307. The lowest BCUT2D eigenvalue weighted by atomic mass is 10.0. The molecule has 7 heteroatoms. The Hall–Kier alpha value is -0.570. The largest absolute Gasteiger partial charge is 0.373 e. The van der Waals surface area contributed by atoms with E-state index in [4.69, 9.17) is 4.74 Å². The van der Waals surface area contributed by atoms with Crippen LogP contribution < -0.4 is 16.0 Å². The highest BCUT2D eigenvalue weighted by Crippen LogP contribution is 2.24. The molecule has 0 spiro atoms. The number of nitrogens with zero attached hydrogens (tertiary/aromatic N) is 1. The molecule has 0 radical (unpaired) electrons. The lowest BCUT2D eigenvalue weighted by Gasteiger charge is -2.21. The Morgan fingerprint density at radius 2 is 2.09 bits per heavy atom. The van der Waals surface area contributed by atoms with E-state index in [0.29, 0.717) is 19.5 Å². The van der Waals surface area contributed by atoms with E-state index in [2.05, 4.69) is 34.8 Å². The highest BCUT2D eigenvalue weighted by molar-refractivity contribution is 14.0. The summed E-state index contributed by atoms with van der Waals surface area (Å²) in [4.78, 5) is 16.3. The lowest BCUT2D eigenvalue weighted by molar-refractivity contribution is -0.121. The maximum atomic E-state index is 11.7. The smallest absolute Gasteiger partial charge is 0.221 e. The Bertz CT molecular complexity index is 371. The molecule has 0 aliphatic carbocycles. The summed E-state index contributed by atoms with van der Waals surface area (Å²) in [6, 6.07) is 0.230. The first-order valence-electron chi connectivity index (χ1n) is 8.44. The Morgan fingerprint density at radius 1 is 1.35 bits per heavy atom. The van der Waals surface area contributed by atoms with Crippen LogP contribution in [0.3, 0.4) is 0 Å². The molecule has 0 saturated carbocycles. The third kappa shape index (κ3) is 9.34. The molecule has 1 fully saturated rings. The maximum absolute atomic E-state index is 11.7. The number of carbonyl (C=O) groups is 1. The third-order valence-electron chi connectivity index (χ3n) is 3.88. The van der Waals surface area contributed by atoms with Gasteiger partial charge in [0.2, 0.25) is 5.91 Å². The van der Waals surface area contributed by atoms with Gasteiger partial charge < -0.3 is 20.7 Å². The van der Waals surface area contributed by atoms with Crippen molar-refractivity contribution < 1.29 is 9.53 Å². The minimum atomic E-state index is -0.143. The van der Waals surface area contributed by atoms with Gasteiger partial charge in [0.25, 0.3) is 0 Å². The molecule has 2 unspecified atom stereocenters. The molecule has 1 aliphatic rings. The van der Waals surface area contributed by atoms with Gasteiger partial charge in [-0.25, -0.2) is 0 Å². The zero-order valence-corrected chi connectivity index (χ0v) is 17.2. The monoisotopic (exact) mass is 440 g/mol. The second-order valence-corrected chi connectivity index (χ2v) is 6.15. The molecule has 2 atom stereocenters. The SMILES string of the molecule is CCNC(=NCC1(C)CCCO1)NCCC(=O)NC(C)CC.I. The van der Waals surface area contributed by atoms with Crippen LogP contribution in [0.15, 0.2) is 4.99 Å². The molecule has 0 aromatic carbocycles. The summed E-state index contributed by atoms with van der Waals surface area (Å²) in [6.45, 7) is 11.0. The van der Waals surface area contributed by atoms with Gasteiger partial charge in [-0.3, -0.25) is 9.79 Å². The molecule has 6 nitrogen and oxygen atoms in total. The second kappa shape index (κ2) is 11.9. The van der Waals surface area contributed by atoms with Gasteiger partial charge in [-0.05, 0) is 40.0 Å². The van der Waals surface area contributed by atoms with E-state index in [1.165, 1.54) is 0 Å². The van der Waals surface area contributed by atoms with E-state index >= 15 is 0 Å². The molecule has 1 saturated heterocycles. The van der Waals surface area contributed by atoms with E-state index in [1.807, 2.05) is 13.8 Å². The maximum Gasteiger partial charge on any atom is 0.221 e. The fourth-order valence-electron chi connectivity index (χ4n) is 2.29. The van der Waals surface area contributed by atoms with Crippen molar-refractivity contribution in [1.29, 1.82) is 0 Å². The van der Waals surface area contributed by atoms with Gasteiger partial charge in [0.15, 0.2) is 5.96 Å². The molecule has 1 heterocycles. The summed E-state index contributed by atoms with van der Waals surface area (Å²) in [7, 11) is 0. The Labute approximate surface area is 157 Å². The van der Waals surface area contributed by atoms with Gasteiger partial charge >= 0.3 is 0 Å². The van der Waals surface area contributed by atoms with Crippen molar-refractivity contribution in [3.8, 4) is 0 Å². The number of carbonyl (C=O) groups excluding carboxylic acids is 1. The van der Waals surface area contributed by atoms with Crippen molar-refractivity contribution >= 4 is 35.8 Å². The minimum Gasteiger partial charge on any atom is -0.373 e. The van der Waals surface area contributed by atoms with Gasteiger partial charge in [-0.2, -0.15) is 0 Å². The molecule has 1 aliphatic heterocycles. The predicted molar refractivity (Wildman–Crippen MR) is 106 cm³/mol. The molecule has 1 rings (SSSR count). The average Bonchev–Trinajstić information content (AvgIpc) is 2.92. The number of amides is 1. The first-order chi connectivity index (χ1) is 10.5. The molecule has 1 amide bonds. The second-order valence-electron chi connectivity index (χ2n) is 6.15. The zero-order chi connectivity index (χ0) is 16.4. The van der Waals surface area contributed by atoms with Crippen LogP contribution >= 0.6 is 24.0 Å². The fraction of sp³-hybridized carbons (Fsp3) is 0.875. The van der Waals surface area contributed by atoms with Crippen LogP contribution in [0.2, 0.25) is 0 Å². The van der Waals surface area contributed by atoms with Gasteiger partial charge in [0, 0.05) is 32.2 Å². The first kappa shape index (κ1) is 22.4. The highest BCUT2D eigenvalue weighted by Gasteiger charge is 2.29. The Balaban J connectivity index is 0.00000484. The number of hydrogen-bond acceptors (Lipinski definition) is 3. The van der Waals surface area contributed by atoms with Gasteiger partial charge in [0.1, 0.15) is 0 Å². The number of rotatable bonds is 8. The van der Waals surface area contributed by atoms with E-state index in [1.54, 1.807) is 0 Å². The molecule has 0 bridgehead atoms. The van der Waals surface area contributed by atoms with Crippen molar-refractivity contribution in [1.82, 2.24) is 16.0 Å². The molecule has 0 aromatic heterocycles. The van der Waals surface area contributed by atoms with Crippen molar-refractivity contribution in [3.05, 3.63) is 0 Å². The van der Waals surface area contributed by atoms with Crippen molar-refractivity contribution in [2.45, 2.75) is 65.0 Å². The molecule has 3 N–H and O–H groups in total. The Kier molecular flexibility index (Phi) is 11.6. The summed E-state index contributed by atoms with van der Waals surface area (Å²) < 4.78 is 5.74. The molecule has 23 heavy (non-hydrogen) atoms. The summed E-state index contributed by atoms with van der Waals surface area (Å²) >= 11 is 0. The number of aliphatic imine (C=N–C) groups is 1. The standard InChI is InChI=1S/C16H32N4O2.HI/c1-5-13(3)20-14(21)8-10-18-15(17-6-2)19-12-16(4)9-7-11-22-16;/h13H,5-12H2,1-4H3,(H,20,21)(H2,17,18,19);1H. The third-order valence-corrected chi connectivity index (χ3v) is 3.88. The first-order valence-corrected chi connectivity index (χ1v) is 8.44. The van der Waals surface area contributed by atoms with Crippen molar-refractivity contribution in [2.75, 3.05) is 26.2 Å². The fourth-order valence-corrected chi connectivity index (χ4v) is 2.29. The number of hydrogen-bond donors (Lipinski definition) is 3. The molecular formula is C16H33IN4O2. The van der Waals surface area contributed by atoms with Crippen LogP contribution in [0.4, 0.5) is 0 Å². The van der Waals surface area contributed by atoms with E-state index in [-0.39, 0.29) is 41.5 Å². The number of halogens is 1. The van der Waals surface area contributed by atoms with E-state index < -0.39 is 0 Å². The summed E-state index contributed by atoms with van der Waals surface area (Å²) in [5.74, 6) is 0.819. The molecular weight excluding hydrogens is 407 g/mol. The van der Waals surface area contributed by atoms with Gasteiger partial charge in [-0.15, -0.1) is 24.0 Å². The predicted octanol–water partition coefficient (Wildman–Crippen LogP) is 2.03.